The third kappa shape index (κ3) is 4.64. The number of benzene rings is 2. The van der Waals surface area contributed by atoms with Crippen LogP contribution in [0.5, 0.6) is 0 Å². The number of primary amides is 1. The van der Waals surface area contributed by atoms with Crippen molar-refractivity contribution in [1.29, 1.82) is 0 Å². The van der Waals surface area contributed by atoms with Crippen LogP contribution in [0.4, 0.5) is 0 Å². The average molecular weight is 413 g/mol. The van der Waals surface area contributed by atoms with Gasteiger partial charge in [-0.1, -0.05) is 46.4 Å². The molecule has 2 aromatic carbocycles. The minimum Gasteiger partial charge on any atom is -0.444 e. The molecule has 1 amide bonds. The molecule has 0 fully saturated rings. The molecule has 0 bridgehead atoms. The highest BCUT2D eigenvalue weighted by molar-refractivity contribution is 7.89. The number of hydrogen-bond donors (Lipinski definition) is 1. The van der Waals surface area contributed by atoms with Gasteiger partial charge in [0.25, 0.3) is 15.9 Å². The molecule has 1 unspecified atom stereocenters. The second kappa shape index (κ2) is 8.49. The van der Waals surface area contributed by atoms with Gasteiger partial charge in [0.2, 0.25) is 6.10 Å². The number of esters is 1. The molecule has 0 aromatic heterocycles. The zero-order valence-electron chi connectivity index (χ0n) is 14.5. The molecule has 0 saturated heterocycles. The van der Waals surface area contributed by atoms with E-state index in [4.69, 9.17) is 22.1 Å². The van der Waals surface area contributed by atoms with E-state index in [1.807, 2.05) is 0 Å². The third-order valence-electron chi connectivity index (χ3n) is 3.63. The van der Waals surface area contributed by atoms with E-state index in [1.165, 1.54) is 26.3 Å². The summed E-state index contributed by atoms with van der Waals surface area (Å²) in [5.74, 6) is -1.80. The lowest BCUT2D eigenvalue weighted by Gasteiger charge is -2.17. The Bertz CT molecular complexity index is 949. The second-order valence-electron chi connectivity index (χ2n) is 5.34. The van der Waals surface area contributed by atoms with Gasteiger partial charge in [-0.3, -0.25) is 9.63 Å². The zero-order chi connectivity index (χ0) is 20.2. The summed E-state index contributed by atoms with van der Waals surface area (Å²) < 4.78 is 30.6. The number of halogens is 1. The van der Waals surface area contributed by atoms with Crippen LogP contribution in [0.3, 0.4) is 0 Å². The molecule has 10 heteroatoms. The summed E-state index contributed by atoms with van der Waals surface area (Å²) in [4.78, 5) is 28.5. The van der Waals surface area contributed by atoms with Crippen LogP contribution in [-0.2, 0) is 24.4 Å². The minimum atomic E-state index is -4.09. The summed E-state index contributed by atoms with van der Waals surface area (Å²) in [6, 6.07) is 11.8. The summed E-state index contributed by atoms with van der Waals surface area (Å²) in [5.41, 5.74) is 5.59. The van der Waals surface area contributed by atoms with E-state index >= 15 is 0 Å². The van der Waals surface area contributed by atoms with Crippen molar-refractivity contribution in [3.8, 4) is 0 Å². The molecule has 8 nitrogen and oxygen atoms in total. The minimum absolute atomic E-state index is 0.107. The van der Waals surface area contributed by atoms with Gasteiger partial charge in [0.1, 0.15) is 4.90 Å². The fraction of sp³-hybridized carbons (Fsp3) is 0.176. The van der Waals surface area contributed by atoms with Crippen molar-refractivity contribution in [3.05, 3.63) is 64.7 Å². The van der Waals surface area contributed by atoms with Gasteiger partial charge in [-0.15, -0.1) is 0 Å². The zero-order valence-corrected chi connectivity index (χ0v) is 16.0. The van der Waals surface area contributed by atoms with Gasteiger partial charge in [0.15, 0.2) is 0 Å². The van der Waals surface area contributed by atoms with E-state index in [9.17, 15) is 18.0 Å². The predicted molar refractivity (Wildman–Crippen MR) is 97.2 cm³/mol. The van der Waals surface area contributed by atoms with Crippen LogP contribution in [0, 0.1) is 0 Å². The number of hydroxylamine groups is 1. The molecule has 27 heavy (non-hydrogen) atoms. The molecule has 2 rings (SSSR count). The fourth-order valence-corrected chi connectivity index (χ4v) is 3.63. The lowest BCUT2D eigenvalue weighted by molar-refractivity contribution is -0.127. The Balaban J connectivity index is 2.37. The molecule has 0 heterocycles. The van der Waals surface area contributed by atoms with Crippen molar-refractivity contribution < 1.29 is 27.6 Å². The van der Waals surface area contributed by atoms with Gasteiger partial charge in [0, 0.05) is 12.6 Å². The van der Waals surface area contributed by atoms with Gasteiger partial charge in [-0.25, -0.2) is 13.2 Å². The van der Waals surface area contributed by atoms with Crippen LogP contribution in [0.2, 0.25) is 5.02 Å². The van der Waals surface area contributed by atoms with Crippen molar-refractivity contribution in [2.75, 3.05) is 14.2 Å². The monoisotopic (exact) mass is 412 g/mol. The molecule has 0 radical (unpaired) electrons. The number of sulfonamides is 1. The van der Waals surface area contributed by atoms with Crippen LogP contribution in [0.15, 0.2) is 53.4 Å². The number of ether oxygens (including phenoxy) is 1. The molecule has 144 valence electrons. The van der Waals surface area contributed by atoms with Gasteiger partial charge < -0.3 is 10.5 Å². The molecule has 0 saturated carbocycles. The molecular formula is C17H17ClN2O6S. The number of carbonyl (C=O) groups excluding carboxylic acids is 2. The highest BCUT2D eigenvalue weighted by atomic mass is 35.5. The van der Waals surface area contributed by atoms with Gasteiger partial charge in [-0.05, 0) is 18.2 Å². The van der Waals surface area contributed by atoms with Crippen LogP contribution < -0.4 is 5.73 Å². The average Bonchev–Trinajstić information content (AvgIpc) is 2.65. The largest absolute Gasteiger partial charge is 0.444 e. The molecule has 0 aliphatic rings. The van der Waals surface area contributed by atoms with E-state index in [0.29, 0.717) is 10.0 Å². The smallest absolute Gasteiger partial charge is 0.339 e. The predicted octanol–water partition coefficient (Wildman–Crippen LogP) is 1.91. The number of amides is 1. The van der Waals surface area contributed by atoms with Crippen molar-refractivity contribution >= 4 is 33.5 Å². The quantitative estimate of drug-likeness (QED) is 0.548. The lowest BCUT2D eigenvalue weighted by atomic mass is 10.1. The second-order valence-corrected chi connectivity index (χ2v) is 7.65. The van der Waals surface area contributed by atoms with E-state index in [0.717, 1.165) is 6.07 Å². The van der Waals surface area contributed by atoms with Crippen LogP contribution in [0.1, 0.15) is 22.0 Å². The molecule has 2 N–H and O–H groups in total. The fourth-order valence-electron chi connectivity index (χ4n) is 2.16. The maximum Gasteiger partial charge on any atom is 0.339 e. The first-order chi connectivity index (χ1) is 12.7. The van der Waals surface area contributed by atoms with Crippen LogP contribution >= 0.6 is 11.6 Å². The number of carbonyl (C=O) groups is 2. The first kappa shape index (κ1) is 20.8. The van der Waals surface area contributed by atoms with E-state index in [-0.39, 0.29) is 15.5 Å². The number of hydrogen-bond acceptors (Lipinski definition) is 6. The highest BCUT2D eigenvalue weighted by Gasteiger charge is 2.27. The standard InChI is InChI=1S/C17H17ClN2O6S/c1-20(25-2)27(23,24)14-10-12(8-9-13(14)18)17(22)26-15(16(19)21)11-6-4-3-5-7-11/h3-10,15H,1-2H3,(H2,19,21). The Kier molecular flexibility index (Phi) is 6.55. The van der Waals surface area contributed by atoms with E-state index in [2.05, 4.69) is 4.84 Å². The van der Waals surface area contributed by atoms with Gasteiger partial charge in [0.05, 0.1) is 17.7 Å². The Hall–Kier alpha value is -2.46. The van der Waals surface area contributed by atoms with Crippen LogP contribution in [-0.4, -0.2) is 38.9 Å². The van der Waals surface area contributed by atoms with E-state index < -0.39 is 28.0 Å². The summed E-state index contributed by atoms with van der Waals surface area (Å²) in [5, 5.41) is -0.107. The Morgan fingerprint density at radius 2 is 1.78 bits per heavy atom. The number of nitrogens with two attached hydrogens (primary N) is 1. The van der Waals surface area contributed by atoms with Gasteiger partial charge in [-0.2, -0.15) is 0 Å². The van der Waals surface area contributed by atoms with Crippen LogP contribution in [0.25, 0.3) is 0 Å². The number of rotatable bonds is 7. The molecule has 1 atom stereocenters. The summed E-state index contributed by atoms with van der Waals surface area (Å²) in [7, 11) is -1.75. The van der Waals surface area contributed by atoms with E-state index in [1.54, 1.807) is 30.3 Å². The maximum absolute atomic E-state index is 12.4. The molecule has 0 aliphatic carbocycles. The SMILES string of the molecule is CON(C)S(=O)(=O)c1cc(C(=O)OC(C(N)=O)c2ccccc2)ccc1Cl. The first-order valence-corrected chi connectivity index (χ1v) is 9.38. The van der Waals surface area contributed by atoms with Crippen molar-refractivity contribution in [2.45, 2.75) is 11.0 Å². The molecule has 2 aromatic rings. The van der Waals surface area contributed by atoms with Crippen molar-refractivity contribution in [2.24, 2.45) is 5.73 Å². The van der Waals surface area contributed by atoms with Crippen molar-refractivity contribution in [3.63, 3.8) is 0 Å². The lowest BCUT2D eigenvalue weighted by Crippen LogP contribution is -2.27. The first-order valence-electron chi connectivity index (χ1n) is 7.56. The number of nitrogens with zero attached hydrogens (tertiary/aromatic N) is 1. The molecular weight excluding hydrogens is 396 g/mol. The summed E-state index contributed by atoms with van der Waals surface area (Å²) in [6.45, 7) is 0. The summed E-state index contributed by atoms with van der Waals surface area (Å²) >= 11 is 5.95. The van der Waals surface area contributed by atoms with Crippen molar-refractivity contribution in [1.82, 2.24) is 4.47 Å². The molecule has 0 spiro atoms. The Morgan fingerprint density at radius 3 is 2.33 bits per heavy atom. The summed E-state index contributed by atoms with van der Waals surface area (Å²) in [6.07, 6.45) is -1.32. The molecule has 0 aliphatic heterocycles. The normalized spacial score (nSPS) is 12.6. The topological polar surface area (TPSA) is 116 Å². The van der Waals surface area contributed by atoms with Gasteiger partial charge >= 0.3 is 5.97 Å². The Morgan fingerprint density at radius 1 is 1.15 bits per heavy atom. The third-order valence-corrected chi connectivity index (χ3v) is 5.79. The highest BCUT2D eigenvalue weighted by Crippen LogP contribution is 2.27. The maximum atomic E-state index is 12.4. The Labute approximate surface area is 161 Å².